The van der Waals surface area contributed by atoms with Gasteiger partial charge in [-0.1, -0.05) is 12.1 Å². The molecule has 0 spiro atoms. The lowest BCUT2D eigenvalue weighted by atomic mass is 9.97. The van der Waals surface area contributed by atoms with E-state index in [0.717, 1.165) is 30.8 Å². The highest BCUT2D eigenvalue weighted by atomic mass is 16.2. The van der Waals surface area contributed by atoms with Crippen LogP contribution in [0.4, 0.5) is 5.69 Å². The van der Waals surface area contributed by atoms with E-state index in [9.17, 15) is 4.79 Å². The lowest BCUT2D eigenvalue weighted by Gasteiger charge is -2.30. The van der Waals surface area contributed by atoms with Crippen molar-refractivity contribution in [2.45, 2.75) is 26.7 Å². The Morgan fingerprint density at radius 2 is 2.10 bits per heavy atom. The van der Waals surface area contributed by atoms with Gasteiger partial charge in [0, 0.05) is 25.0 Å². The first kappa shape index (κ1) is 12.9. The summed E-state index contributed by atoms with van der Waals surface area (Å²) in [7, 11) is 1.86. The van der Waals surface area contributed by atoms with E-state index in [1.165, 1.54) is 11.1 Å². The maximum absolute atomic E-state index is 12.7. The minimum absolute atomic E-state index is 0.000231. The maximum Gasteiger partial charge on any atom is 0.278 e. The Bertz CT molecular complexity index is 653. The van der Waals surface area contributed by atoms with Gasteiger partial charge in [0.2, 0.25) is 0 Å². The SMILES string of the molecule is Cc1cccc2c1CCCN2C(=O)c1cc(C)n(C)n1. The largest absolute Gasteiger partial charge is 0.307 e. The number of rotatable bonds is 1. The maximum atomic E-state index is 12.7. The summed E-state index contributed by atoms with van der Waals surface area (Å²) in [5.41, 5.74) is 5.12. The van der Waals surface area contributed by atoms with E-state index in [0.29, 0.717) is 5.69 Å². The van der Waals surface area contributed by atoms with Crippen LogP contribution in [0.3, 0.4) is 0 Å². The van der Waals surface area contributed by atoms with Crippen LogP contribution in [-0.2, 0) is 13.5 Å². The van der Waals surface area contributed by atoms with Crippen molar-refractivity contribution >= 4 is 11.6 Å². The molecule has 1 aliphatic rings. The number of benzene rings is 1. The molecule has 0 N–H and O–H groups in total. The first-order valence-electron chi connectivity index (χ1n) is 6.99. The number of amides is 1. The second kappa shape index (κ2) is 4.78. The van der Waals surface area contributed by atoms with Gasteiger partial charge in [-0.25, -0.2) is 0 Å². The van der Waals surface area contributed by atoms with Crippen LogP contribution in [0.25, 0.3) is 0 Å². The Hall–Kier alpha value is -2.10. The van der Waals surface area contributed by atoms with Crippen LogP contribution in [0.15, 0.2) is 24.3 Å². The van der Waals surface area contributed by atoms with Crippen molar-refractivity contribution in [1.29, 1.82) is 0 Å². The average molecular weight is 269 g/mol. The highest BCUT2D eigenvalue weighted by Gasteiger charge is 2.25. The summed E-state index contributed by atoms with van der Waals surface area (Å²) in [4.78, 5) is 14.6. The van der Waals surface area contributed by atoms with E-state index in [2.05, 4.69) is 18.1 Å². The molecule has 4 heteroatoms. The Morgan fingerprint density at radius 3 is 2.80 bits per heavy atom. The quantitative estimate of drug-likeness (QED) is 0.798. The number of hydrogen-bond acceptors (Lipinski definition) is 2. The van der Waals surface area contributed by atoms with Crippen molar-refractivity contribution in [1.82, 2.24) is 9.78 Å². The van der Waals surface area contributed by atoms with E-state index in [4.69, 9.17) is 0 Å². The van der Waals surface area contributed by atoms with Crippen LogP contribution in [0.1, 0.15) is 33.7 Å². The summed E-state index contributed by atoms with van der Waals surface area (Å²) in [6.07, 6.45) is 2.06. The molecule has 20 heavy (non-hydrogen) atoms. The molecule has 0 unspecified atom stereocenters. The summed E-state index contributed by atoms with van der Waals surface area (Å²) in [6.45, 7) is 4.83. The van der Waals surface area contributed by atoms with Gasteiger partial charge in [0.15, 0.2) is 5.69 Å². The Balaban J connectivity index is 2.00. The molecule has 1 amide bonds. The minimum Gasteiger partial charge on any atom is -0.307 e. The molecule has 0 aliphatic carbocycles. The first-order chi connectivity index (χ1) is 9.58. The first-order valence-corrected chi connectivity index (χ1v) is 6.99. The topological polar surface area (TPSA) is 38.1 Å². The zero-order chi connectivity index (χ0) is 14.3. The standard InChI is InChI=1S/C16H19N3O/c1-11-6-4-8-15-13(11)7-5-9-19(15)16(20)14-10-12(2)18(3)17-14/h4,6,8,10H,5,7,9H2,1-3H3. The van der Waals surface area contributed by atoms with E-state index in [1.54, 1.807) is 4.68 Å². The molecule has 1 aromatic heterocycles. The fourth-order valence-corrected chi connectivity index (χ4v) is 2.81. The second-order valence-electron chi connectivity index (χ2n) is 5.43. The smallest absolute Gasteiger partial charge is 0.278 e. The Morgan fingerprint density at radius 1 is 1.30 bits per heavy atom. The molecule has 3 rings (SSSR count). The van der Waals surface area contributed by atoms with Crippen molar-refractivity contribution < 1.29 is 4.79 Å². The number of carbonyl (C=O) groups excluding carboxylic acids is 1. The van der Waals surface area contributed by atoms with Crippen molar-refractivity contribution in [2.75, 3.05) is 11.4 Å². The molecule has 104 valence electrons. The normalized spacial score (nSPS) is 14.2. The Labute approximate surface area is 119 Å². The van der Waals surface area contributed by atoms with Crippen LogP contribution < -0.4 is 4.90 Å². The monoisotopic (exact) mass is 269 g/mol. The third kappa shape index (κ3) is 2.01. The molecule has 0 fully saturated rings. The van der Waals surface area contributed by atoms with Crippen LogP contribution in [0.5, 0.6) is 0 Å². The molecular formula is C16H19N3O. The second-order valence-corrected chi connectivity index (χ2v) is 5.43. The number of nitrogens with zero attached hydrogens (tertiary/aromatic N) is 3. The Kier molecular flexibility index (Phi) is 3.08. The molecule has 0 saturated carbocycles. The number of fused-ring (bicyclic) bond motifs is 1. The fourth-order valence-electron chi connectivity index (χ4n) is 2.81. The number of carbonyl (C=O) groups is 1. The van der Waals surface area contributed by atoms with Gasteiger partial charge >= 0.3 is 0 Å². The predicted molar refractivity (Wildman–Crippen MR) is 79.1 cm³/mol. The summed E-state index contributed by atoms with van der Waals surface area (Å²) in [5, 5.41) is 4.31. The summed E-state index contributed by atoms with van der Waals surface area (Å²) in [5.74, 6) is 0.000231. The van der Waals surface area contributed by atoms with Gasteiger partial charge in [0.1, 0.15) is 0 Å². The van der Waals surface area contributed by atoms with Gasteiger partial charge in [0.25, 0.3) is 5.91 Å². The highest BCUT2D eigenvalue weighted by molar-refractivity contribution is 6.05. The third-order valence-electron chi connectivity index (χ3n) is 4.06. The molecule has 2 aromatic rings. The van der Waals surface area contributed by atoms with Gasteiger partial charge in [-0.05, 0) is 49.9 Å². The predicted octanol–water partition coefficient (Wildman–Crippen LogP) is 2.63. The molecule has 4 nitrogen and oxygen atoms in total. The molecule has 0 saturated heterocycles. The van der Waals surface area contributed by atoms with Gasteiger partial charge in [-0.3, -0.25) is 9.48 Å². The summed E-state index contributed by atoms with van der Waals surface area (Å²) in [6, 6.07) is 8.02. The van der Waals surface area contributed by atoms with Gasteiger partial charge in [-0.15, -0.1) is 0 Å². The van der Waals surface area contributed by atoms with E-state index >= 15 is 0 Å². The van der Waals surface area contributed by atoms with Crippen molar-refractivity contribution in [2.24, 2.45) is 7.05 Å². The molecule has 1 aliphatic heterocycles. The molecular weight excluding hydrogens is 250 g/mol. The van der Waals surface area contributed by atoms with Gasteiger partial charge < -0.3 is 4.90 Å². The summed E-state index contributed by atoms with van der Waals surface area (Å²) < 4.78 is 1.74. The van der Waals surface area contributed by atoms with Crippen molar-refractivity contribution in [3.63, 3.8) is 0 Å². The van der Waals surface area contributed by atoms with Crippen LogP contribution in [0.2, 0.25) is 0 Å². The molecule has 0 radical (unpaired) electrons. The minimum atomic E-state index is 0.000231. The number of aromatic nitrogens is 2. The van der Waals surface area contributed by atoms with Crippen LogP contribution >= 0.6 is 0 Å². The lowest BCUT2D eigenvalue weighted by molar-refractivity contribution is 0.0979. The van der Waals surface area contributed by atoms with Gasteiger partial charge in [-0.2, -0.15) is 5.10 Å². The highest BCUT2D eigenvalue weighted by Crippen LogP contribution is 2.30. The average Bonchev–Trinajstić information content (AvgIpc) is 2.78. The lowest BCUT2D eigenvalue weighted by Crippen LogP contribution is -2.36. The zero-order valence-electron chi connectivity index (χ0n) is 12.2. The van der Waals surface area contributed by atoms with Crippen LogP contribution in [0, 0.1) is 13.8 Å². The van der Waals surface area contributed by atoms with E-state index in [1.807, 2.05) is 37.1 Å². The summed E-state index contributed by atoms with van der Waals surface area (Å²) >= 11 is 0. The molecule has 0 atom stereocenters. The molecule has 0 bridgehead atoms. The fraction of sp³-hybridized carbons (Fsp3) is 0.375. The zero-order valence-corrected chi connectivity index (χ0v) is 12.2. The number of aryl methyl sites for hydroxylation is 3. The number of hydrogen-bond donors (Lipinski definition) is 0. The van der Waals surface area contributed by atoms with Gasteiger partial charge in [0.05, 0.1) is 0 Å². The van der Waals surface area contributed by atoms with Crippen molar-refractivity contribution in [3.05, 3.63) is 46.8 Å². The van der Waals surface area contributed by atoms with Crippen LogP contribution in [-0.4, -0.2) is 22.2 Å². The molecule has 2 heterocycles. The third-order valence-corrected chi connectivity index (χ3v) is 4.06. The molecule has 1 aromatic carbocycles. The van der Waals surface area contributed by atoms with Crippen molar-refractivity contribution in [3.8, 4) is 0 Å². The number of anilines is 1. The van der Waals surface area contributed by atoms with E-state index < -0.39 is 0 Å². The van der Waals surface area contributed by atoms with E-state index in [-0.39, 0.29) is 5.91 Å².